The molecule has 1 aliphatic rings. The van der Waals surface area contributed by atoms with Crippen LogP contribution in [0.15, 0.2) is 18.2 Å². The van der Waals surface area contributed by atoms with Gasteiger partial charge in [-0.1, -0.05) is 11.6 Å². The molecule has 2 aromatic rings. The second kappa shape index (κ2) is 5.38. The number of hydrogen-bond donors (Lipinski definition) is 1. The largest absolute Gasteiger partial charge is 0.344 e. The lowest BCUT2D eigenvalue weighted by atomic mass is 9.95. The summed E-state index contributed by atoms with van der Waals surface area (Å²) >= 11 is 0. The van der Waals surface area contributed by atoms with Gasteiger partial charge in [0.05, 0.1) is 0 Å². The molecule has 0 radical (unpaired) electrons. The maximum atomic E-state index is 3.25. The van der Waals surface area contributed by atoms with Crippen LogP contribution in [0.1, 0.15) is 36.1 Å². The van der Waals surface area contributed by atoms with Crippen LogP contribution in [0.4, 0.5) is 0 Å². The van der Waals surface area contributed by atoms with Gasteiger partial charge in [0.1, 0.15) is 0 Å². The maximum Gasteiger partial charge on any atom is 0.0485 e. The average molecular weight is 256 g/mol. The summed E-state index contributed by atoms with van der Waals surface area (Å²) in [7, 11) is 2.03. The third kappa shape index (κ3) is 2.30. The first-order valence-electron chi connectivity index (χ1n) is 7.56. The maximum absolute atomic E-state index is 3.25. The second-order valence-electron chi connectivity index (χ2n) is 5.76. The first-order chi connectivity index (χ1) is 9.31. The number of rotatable bonds is 4. The molecule has 1 aromatic carbocycles. The summed E-state index contributed by atoms with van der Waals surface area (Å²) in [5.74, 6) is 0. The van der Waals surface area contributed by atoms with Gasteiger partial charge in [-0.05, 0) is 70.3 Å². The second-order valence-corrected chi connectivity index (χ2v) is 5.76. The van der Waals surface area contributed by atoms with Crippen molar-refractivity contribution < 1.29 is 0 Å². The Labute approximate surface area is 115 Å². The molecule has 0 amide bonds. The summed E-state index contributed by atoms with van der Waals surface area (Å²) in [6.07, 6.45) is 6.46. The molecule has 0 unspecified atom stereocenters. The number of aromatic nitrogens is 1. The highest BCUT2D eigenvalue weighted by atomic mass is 15.0. The molecule has 1 aliphatic carbocycles. The zero-order valence-corrected chi connectivity index (χ0v) is 12.1. The number of nitrogens with one attached hydrogen (secondary N) is 1. The molecule has 0 atom stereocenters. The molecule has 0 spiro atoms. The van der Waals surface area contributed by atoms with Crippen LogP contribution in [0.5, 0.6) is 0 Å². The highest BCUT2D eigenvalue weighted by Crippen LogP contribution is 2.32. The van der Waals surface area contributed by atoms with Crippen molar-refractivity contribution in [3.8, 4) is 0 Å². The van der Waals surface area contributed by atoms with Gasteiger partial charge in [0.25, 0.3) is 0 Å². The van der Waals surface area contributed by atoms with Crippen molar-refractivity contribution in [2.75, 3.05) is 13.6 Å². The highest BCUT2D eigenvalue weighted by Gasteiger charge is 2.19. The molecular formula is C17H24N2. The number of aryl methyl sites for hydroxylation is 3. The lowest BCUT2D eigenvalue weighted by molar-refractivity contribution is 0.579. The molecule has 0 saturated carbocycles. The van der Waals surface area contributed by atoms with Crippen molar-refractivity contribution >= 4 is 10.9 Å². The van der Waals surface area contributed by atoms with Crippen molar-refractivity contribution in [3.63, 3.8) is 0 Å². The van der Waals surface area contributed by atoms with E-state index in [9.17, 15) is 0 Å². The van der Waals surface area contributed by atoms with E-state index in [-0.39, 0.29) is 0 Å². The van der Waals surface area contributed by atoms with Gasteiger partial charge < -0.3 is 9.88 Å². The highest BCUT2D eigenvalue weighted by molar-refractivity contribution is 5.86. The molecule has 3 rings (SSSR count). The van der Waals surface area contributed by atoms with Crippen molar-refractivity contribution in [1.82, 2.24) is 9.88 Å². The van der Waals surface area contributed by atoms with Gasteiger partial charge in [-0.2, -0.15) is 0 Å². The van der Waals surface area contributed by atoms with Gasteiger partial charge in [-0.3, -0.25) is 0 Å². The third-order valence-corrected chi connectivity index (χ3v) is 4.34. The Balaban J connectivity index is 2.08. The minimum Gasteiger partial charge on any atom is -0.344 e. The Morgan fingerprint density at radius 3 is 2.89 bits per heavy atom. The normalized spacial score (nSPS) is 14.8. The third-order valence-electron chi connectivity index (χ3n) is 4.34. The van der Waals surface area contributed by atoms with Crippen LogP contribution in [0.3, 0.4) is 0 Å². The van der Waals surface area contributed by atoms with Gasteiger partial charge >= 0.3 is 0 Å². The summed E-state index contributed by atoms with van der Waals surface area (Å²) in [5.41, 5.74) is 6.08. The molecule has 19 heavy (non-hydrogen) atoms. The van der Waals surface area contributed by atoms with Gasteiger partial charge in [0.15, 0.2) is 0 Å². The lowest BCUT2D eigenvalue weighted by Gasteiger charge is -2.16. The molecule has 0 saturated heterocycles. The molecule has 0 fully saturated rings. The van der Waals surface area contributed by atoms with E-state index in [1.165, 1.54) is 48.6 Å². The fraction of sp³-hybridized carbons (Fsp3) is 0.529. The van der Waals surface area contributed by atoms with E-state index in [1.807, 2.05) is 7.05 Å². The van der Waals surface area contributed by atoms with E-state index < -0.39 is 0 Å². The van der Waals surface area contributed by atoms with E-state index in [2.05, 4.69) is 35.0 Å². The summed E-state index contributed by atoms with van der Waals surface area (Å²) in [5, 5.41) is 4.77. The molecule has 2 heteroatoms. The number of benzene rings is 1. The minimum atomic E-state index is 1.10. The summed E-state index contributed by atoms with van der Waals surface area (Å²) in [6, 6.07) is 6.96. The van der Waals surface area contributed by atoms with Crippen LogP contribution >= 0.6 is 0 Å². The summed E-state index contributed by atoms with van der Waals surface area (Å²) < 4.78 is 2.58. The van der Waals surface area contributed by atoms with Crippen molar-refractivity contribution in [1.29, 1.82) is 0 Å². The predicted molar refractivity (Wildman–Crippen MR) is 81.9 cm³/mol. The van der Waals surface area contributed by atoms with Gasteiger partial charge in [-0.25, -0.2) is 0 Å². The minimum absolute atomic E-state index is 1.10. The van der Waals surface area contributed by atoms with Crippen LogP contribution in [0.25, 0.3) is 10.9 Å². The van der Waals surface area contributed by atoms with Crippen molar-refractivity contribution in [2.24, 2.45) is 0 Å². The number of hydrogen-bond acceptors (Lipinski definition) is 1. The van der Waals surface area contributed by atoms with Crippen molar-refractivity contribution in [3.05, 3.63) is 35.0 Å². The van der Waals surface area contributed by atoms with Gasteiger partial charge in [0.2, 0.25) is 0 Å². The number of fused-ring (bicyclic) bond motifs is 3. The van der Waals surface area contributed by atoms with E-state index in [0.717, 1.165) is 13.1 Å². The molecule has 1 aromatic heterocycles. The predicted octanol–water partition coefficient (Wildman–Crippen LogP) is 3.44. The standard InChI is InChI=1S/C17H24N2/c1-13-8-9-17-15(12-13)14-6-3-4-7-16(14)19(17)11-5-10-18-2/h8-9,12,18H,3-7,10-11H2,1-2H3. The molecule has 0 aliphatic heterocycles. The Bertz CT molecular complexity index is 580. The summed E-state index contributed by atoms with van der Waals surface area (Å²) in [4.78, 5) is 0. The Morgan fingerprint density at radius 2 is 2.05 bits per heavy atom. The fourth-order valence-electron chi connectivity index (χ4n) is 3.42. The van der Waals surface area contributed by atoms with E-state index in [4.69, 9.17) is 0 Å². The first-order valence-corrected chi connectivity index (χ1v) is 7.56. The molecular weight excluding hydrogens is 232 g/mol. The quantitative estimate of drug-likeness (QED) is 0.829. The topological polar surface area (TPSA) is 17.0 Å². The lowest BCUT2D eigenvalue weighted by Crippen LogP contribution is -2.13. The monoisotopic (exact) mass is 256 g/mol. The van der Waals surface area contributed by atoms with E-state index in [0.29, 0.717) is 0 Å². The fourth-order valence-corrected chi connectivity index (χ4v) is 3.42. The summed E-state index contributed by atoms with van der Waals surface area (Å²) in [6.45, 7) is 4.45. The Hall–Kier alpha value is -1.28. The zero-order valence-electron chi connectivity index (χ0n) is 12.1. The van der Waals surface area contributed by atoms with Gasteiger partial charge in [-0.15, -0.1) is 0 Å². The first kappa shape index (κ1) is 12.7. The Morgan fingerprint density at radius 1 is 1.21 bits per heavy atom. The molecule has 102 valence electrons. The smallest absolute Gasteiger partial charge is 0.0485 e. The zero-order chi connectivity index (χ0) is 13.2. The molecule has 1 heterocycles. The SMILES string of the molecule is CNCCCn1c2c(c3cc(C)ccc31)CCCC2. The van der Waals surface area contributed by atoms with Crippen LogP contribution in [-0.2, 0) is 19.4 Å². The van der Waals surface area contributed by atoms with Crippen LogP contribution in [0.2, 0.25) is 0 Å². The average Bonchev–Trinajstić information content (AvgIpc) is 2.73. The van der Waals surface area contributed by atoms with Gasteiger partial charge in [0, 0.05) is 23.1 Å². The number of nitrogens with zero attached hydrogens (tertiary/aromatic N) is 1. The van der Waals surface area contributed by atoms with E-state index in [1.54, 1.807) is 11.3 Å². The van der Waals surface area contributed by atoms with Crippen LogP contribution in [-0.4, -0.2) is 18.2 Å². The molecule has 2 nitrogen and oxygen atoms in total. The van der Waals surface area contributed by atoms with E-state index >= 15 is 0 Å². The molecule has 1 N–H and O–H groups in total. The van der Waals surface area contributed by atoms with Crippen LogP contribution < -0.4 is 5.32 Å². The molecule has 0 bridgehead atoms. The Kier molecular flexibility index (Phi) is 3.61. The van der Waals surface area contributed by atoms with Crippen LogP contribution in [0, 0.1) is 6.92 Å². The van der Waals surface area contributed by atoms with Crippen molar-refractivity contribution in [2.45, 2.75) is 45.6 Å².